The Kier molecular flexibility index (Phi) is 4.87. The number of nitrogens with zero attached hydrogens (tertiary/aromatic N) is 1. The Labute approximate surface area is 94.8 Å². The number of ether oxygens (including phenoxy) is 1. The van der Waals surface area contributed by atoms with Crippen LogP contribution in [0.4, 0.5) is 0 Å². The molecule has 0 saturated heterocycles. The predicted octanol–water partition coefficient (Wildman–Crippen LogP) is 1.75. The Morgan fingerprint density at radius 3 is 3.06 bits per heavy atom. The monoisotopic (exact) mass is 218 g/mol. The standard InChI is InChI=1S/C12H14N2O2/c1-10-4-2-5-11(8-10)16-7-3-6-12(15)14-9-13/h2,4-5,8H,3,6-7H2,1H3,(H,14,15). The van der Waals surface area contributed by atoms with Gasteiger partial charge in [0, 0.05) is 6.42 Å². The van der Waals surface area contributed by atoms with Crippen LogP contribution in [-0.2, 0) is 4.79 Å². The van der Waals surface area contributed by atoms with Crippen LogP contribution < -0.4 is 10.1 Å². The van der Waals surface area contributed by atoms with Gasteiger partial charge in [0.15, 0.2) is 6.19 Å². The highest BCUT2D eigenvalue weighted by Crippen LogP contribution is 2.12. The molecule has 0 spiro atoms. The summed E-state index contributed by atoms with van der Waals surface area (Å²) in [5.41, 5.74) is 1.14. The average Bonchev–Trinajstić information content (AvgIpc) is 2.25. The highest BCUT2D eigenvalue weighted by atomic mass is 16.5. The largest absolute Gasteiger partial charge is 0.494 e. The van der Waals surface area contributed by atoms with Crippen molar-refractivity contribution in [3.8, 4) is 11.9 Å². The number of aryl methyl sites for hydroxylation is 1. The molecule has 0 unspecified atom stereocenters. The molecule has 1 aromatic rings. The van der Waals surface area contributed by atoms with Gasteiger partial charge in [0.25, 0.3) is 0 Å². The van der Waals surface area contributed by atoms with Gasteiger partial charge in [-0.05, 0) is 31.0 Å². The van der Waals surface area contributed by atoms with Gasteiger partial charge in [0.05, 0.1) is 6.61 Å². The molecule has 0 aliphatic heterocycles. The molecule has 1 rings (SSSR count). The topological polar surface area (TPSA) is 62.1 Å². The molecular weight excluding hydrogens is 204 g/mol. The Morgan fingerprint density at radius 1 is 1.56 bits per heavy atom. The van der Waals surface area contributed by atoms with Gasteiger partial charge in [-0.2, -0.15) is 5.26 Å². The minimum absolute atomic E-state index is 0.268. The lowest BCUT2D eigenvalue weighted by Gasteiger charge is -2.05. The van der Waals surface area contributed by atoms with Crippen molar-refractivity contribution in [1.29, 1.82) is 5.26 Å². The molecule has 0 bridgehead atoms. The van der Waals surface area contributed by atoms with E-state index in [0.29, 0.717) is 19.4 Å². The van der Waals surface area contributed by atoms with Crippen LogP contribution in [0.2, 0.25) is 0 Å². The van der Waals surface area contributed by atoms with E-state index in [1.54, 1.807) is 6.19 Å². The van der Waals surface area contributed by atoms with Gasteiger partial charge in [0.1, 0.15) is 5.75 Å². The molecule has 4 nitrogen and oxygen atoms in total. The van der Waals surface area contributed by atoms with E-state index in [1.165, 1.54) is 0 Å². The van der Waals surface area contributed by atoms with Crippen LogP contribution in [-0.4, -0.2) is 12.5 Å². The maximum absolute atomic E-state index is 10.9. The highest BCUT2D eigenvalue weighted by molar-refractivity contribution is 5.77. The van der Waals surface area contributed by atoms with E-state index in [2.05, 4.69) is 5.32 Å². The van der Waals surface area contributed by atoms with Crippen molar-refractivity contribution >= 4 is 5.91 Å². The number of hydrogen-bond donors (Lipinski definition) is 1. The van der Waals surface area contributed by atoms with E-state index in [-0.39, 0.29) is 5.91 Å². The van der Waals surface area contributed by atoms with Crippen LogP contribution in [0.1, 0.15) is 18.4 Å². The predicted molar refractivity (Wildman–Crippen MR) is 59.7 cm³/mol. The summed E-state index contributed by atoms with van der Waals surface area (Å²) in [5, 5.41) is 10.3. The Morgan fingerprint density at radius 2 is 2.38 bits per heavy atom. The zero-order valence-electron chi connectivity index (χ0n) is 9.19. The summed E-state index contributed by atoms with van der Waals surface area (Å²) in [6.45, 7) is 2.47. The van der Waals surface area contributed by atoms with Crippen LogP contribution in [0.15, 0.2) is 24.3 Å². The summed E-state index contributed by atoms with van der Waals surface area (Å²) in [6.07, 6.45) is 2.50. The van der Waals surface area contributed by atoms with Crippen molar-refractivity contribution in [1.82, 2.24) is 5.32 Å². The van der Waals surface area contributed by atoms with Gasteiger partial charge in [-0.25, -0.2) is 0 Å². The van der Waals surface area contributed by atoms with Crippen molar-refractivity contribution in [2.75, 3.05) is 6.61 Å². The molecule has 84 valence electrons. The van der Waals surface area contributed by atoms with Crippen LogP contribution in [0.5, 0.6) is 5.75 Å². The first-order chi connectivity index (χ1) is 7.72. The molecule has 0 aromatic heterocycles. The number of hydrogen-bond acceptors (Lipinski definition) is 3. The first-order valence-electron chi connectivity index (χ1n) is 5.10. The van der Waals surface area contributed by atoms with Gasteiger partial charge < -0.3 is 4.74 Å². The highest BCUT2D eigenvalue weighted by Gasteiger charge is 2.00. The van der Waals surface area contributed by atoms with Gasteiger partial charge >= 0.3 is 0 Å². The van der Waals surface area contributed by atoms with Crippen molar-refractivity contribution in [3.05, 3.63) is 29.8 Å². The number of rotatable bonds is 5. The molecule has 0 saturated carbocycles. The van der Waals surface area contributed by atoms with Crippen LogP contribution in [0.3, 0.4) is 0 Å². The minimum atomic E-state index is -0.268. The number of nitrogens with one attached hydrogen (secondary N) is 1. The fourth-order valence-electron chi connectivity index (χ4n) is 1.25. The number of benzene rings is 1. The summed E-state index contributed by atoms with van der Waals surface area (Å²) in [7, 11) is 0. The Hall–Kier alpha value is -2.02. The van der Waals surface area contributed by atoms with Crippen molar-refractivity contribution in [2.24, 2.45) is 0 Å². The number of nitriles is 1. The van der Waals surface area contributed by atoms with Gasteiger partial charge in [-0.1, -0.05) is 12.1 Å². The molecule has 0 radical (unpaired) electrons. The molecule has 1 aromatic carbocycles. The molecule has 0 aliphatic rings. The molecule has 0 fully saturated rings. The van der Waals surface area contributed by atoms with Crippen molar-refractivity contribution < 1.29 is 9.53 Å². The zero-order valence-corrected chi connectivity index (χ0v) is 9.19. The summed E-state index contributed by atoms with van der Waals surface area (Å²) < 4.78 is 5.45. The zero-order chi connectivity index (χ0) is 11.8. The molecule has 0 heterocycles. The van der Waals surface area contributed by atoms with Gasteiger partial charge in [0.2, 0.25) is 5.91 Å². The molecule has 0 atom stereocenters. The molecule has 4 heteroatoms. The van der Waals surface area contributed by atoms with E-state index < -0.39 is 0 Å². The van der Waals surface area contributed by atoms with Crippen molar-refractivity contribution in [3.63, 3.8) is 0 Å². The third-order valence-electron chi connectivity index (χ3n) is 2.00. The normalized spacial score (nSPS) is 9.25. The minimum Gasteiger partial charge on any atom is -0.494 e. The summed E-state index contributed by atoms with van der Waals surface area (Å²) >= 11 is 0. The van der Waals surface area contributed by atoms with Crippen molar-refractivity contribution in [2.45, 2.75) is 19.8 Å². The summed E-state index contributed by atoms with van der Waals surface area (Å²) in [5.74, 6) is 0.538. The summed E-state index contributed by atoms with van der Waals surface area (Å²) in [6, 6.07) is 7.73. The lowest BCUT2D eigenvalue weighted by molar-refractivity contribution is -0.120. The van der Waals surface area contributed by atoms with E-state index in [1.807, 2.05) is 31.2 Å². The average molecular weight is 218 g/mol. The fraction of sp³-hybridized carbons (Fsp3) is 0.333. The second-order valence-corrected chi connectivity index (χ2v) is 3.43. The Balaban J connectivity index is 2.21. The molecule has 1 N–H and O–H groups in total. The summed E-state index contributed by atoms with van der Waals surface area (Å²) in [4.78, 5) is 10.9. The smallest absolute Gasteiger partial charge is 0.233 e. The SMILES string of the molecule is Cc1cccc(OCCCC(=O)NC#N)c1. The van der Waals surface area contributed by atoms with Crippen LogP contribution in [0.25, 0.3) is 0 Å². The van der Waals surface area contributed by atoms with Crippen LogP contribution in [0, 0.1) is 18.4 Å². The Bertz CT molecular complexity index is 396. The lowest BCUT2D eigenvalue weighted by atomic mass is 10.2. The second-order valence-electron chi connectivity index (χ2n) is 3.43. The van der Waals surface area contributed by atoms with Gasteiger partial charge in [-0.3, -0.25) is 10.1 Å². The molecular formula is C12H14N2O2. The quantitative estimate of drug-likeness (QED) is 0.465. The van der Waals surface area contributed by atoms with Gasteiger partial charge in [-0.15, -0.1) is 0 Å². The lowest BCUT2D eigenvalue weighted by Crippen LogP contribution is -2.17. The van der Waals surface area contributed by atoms with E-state index >= 15 is 0 Å². The van der Waals surface area contributed by atoms with E-state index in [9.17, 15) is 4.79 Å². The molecule has 1 amide bonds. The van der Waals surface area contributed by atoms with E-state index in [0.717, 1.165) is 11.3 Å². The molecule has 16 heavy (non-hydrogen) atoms. The number of carbonyl (C=O) groups is 1. The van der Waals surface area contributed by atoms with E-state index in [4.69, 9.17) is 10.00 Å². The molecule has 0 aliphatic carbocycles. The third kappa shape index (κ3) is 4.47. The maximum atomic E-state index is 10.9. The number of carbonyl (C=O) groups excluding carboxylic acids is 1. The maximum Gasteiger partial charge on any atom is 0.233 e. The van der Waals surface area contributed by atoms with Crippen LogP contribution >= 0.6 is 0 Å². The third-order valence-corrected chi connectivity index (χ3v) is 2.00. The first-order valence-corrected chi connectivity index (χ1v) is 5.10. The second kappa shape index (κ2) is 6.46. The number of amides is 1. The first kappa shape index (κ1) is 12.1. The fourth-order valence-corrected chi connectivity index (χ4v) is 1.25.